The van der Waals surface area contributed by atoms with Crippen LogP contribution in [0.2, 0.25) is 0 Å². The summed E-state index contributed by atoms with van der Waals surface area (Å²) in [6.07, 6.45) is 7.44. The predicted molar refractivity (Wildman–Crippen MR) is 141 cm³/mol. The topological polar surface area (TPSA) is 58.1 Å². The summed E-state index contributed by atoms with van der Waals surface area (Å²) in [6, 6.07) is 6.56. The third-order valence-electron chi connectivity index (χ3n) is 5.90. The SMILES string of the molecule is CCN(CC)CCCC(C)NC(=NC)NCc1ccc(OC2CCCC2)c(OC)c1.I. The highest BCUT2D eigenvalue weighted by Gasteiger charge is 2.18. The zero-order chi connectivity index (χ0) is 21.8. The summed E-state index contributed by atoms with van der Waals surface area (Å²) in [5.74, 6) is 2.47. The van der Waals surface area contributed by atoms with Crippen LogP contribution in [0.15, 0.2) is 23.2 Å². The van der Waals surface area contributed by atoms with Gasteiger partial charge in [-0.05, 0) is 82.8 Å². The zero-order valence-electron chi connectivity index (χ0n) is 20.1. The Balaban J connectivity index is 0.00000480. The number of aliphatic imine (C=N–C) groups is 1. The molecule has 6 nitrogen and oxygen atoms in total. The van der Waals surface area contributed by atoms with E-state index in [9.17, 15) is 0 Å². The Hall–Kier alpha value is -1.22. The smallest absolute Gasteiger partial charge is 0.191 e. The van der Waals surface area contributed by atoms with Crippen LogP contribution in [0.4, 0.5) is 0 Å². The zero-order valence-corrected chi connectivity index (χ0v) is 22.4. The van der Waals surface area contributed by atoms with E-state index in [2.05, 4.69) is 53.4 Å². The largest absolute Gasteiger partial charge is 0.493 e. The van der Waals surface area contributed by atoms with Gasteiger partial charge in [-0.15, -0.1) is 24.0 Å². The Bertz CT molecular complexity index is 646. The monoisotopic (exact) mass is 546 g/mol. The van der Waals surface area contributed by atoms with Crippen LogP contribution in [0.1, 0.15) is 64.9 Å². The molecule has 1 aliphatic rings. The number of hydrogen-bond donors (Lipinski definition) is 2. The molecule has 0 radical (unpaired) electrons. The van der Waals surface area contributed by atoms with Crippen LogP contribution in [0, 0.1) is 0 Å². The number of benzene rings is 1. The molecule has 31 heavy (non-hydrogen) atoms. The second-order valence-corrected chi connectivity index (χ2v) is 8.15. The highest BCUT2D eigenvalue weighted by Crippen LogP contribution is 2.32. The number of halogens is 1. The van der Waals surface area contributed by atoms with Gasteiger partial charge in [0.15, 0.2) is 17.5 Å². The van der Waals surface area contributed by atoms with Gasteiger partial charge in [0.2, 0.25) is 0 Å². The lowest BCUT2D eigenvalue weighted by Crippen LogP contribution is -2.42. The molecule has 0 spiro atoms. The summed E-state index contributed by atoms with van der Waals surface area (Å²) in [7, 11) is 3.52. The third kappa shape index (κ3) is 9.85. The van der Waals surface area contributed by atoms with E-state index in [0.29, 0.717) is 18.7 Å². The first-order chi connectivity index (χ1) is 14.6. The fourth-order valence-corrected chi connectivity index (χ4v) is 3.95. The van der Waals surface area contributed by atoms with Crippen LogP contribution in [0.5, 0.6) is 11.5 Å². The number of methoxy groups -OCH3 is 1. The van der Waals surface area contributed by atoms with Gasteiger partial charge >= 0.3 is 0 Å². The molecule has 2 rings (SSSR count). The van der Waals surface area contributed by atoms with Crippen molar-refractivity contribution in [1.29, 1.82) is 0 Å². The molecule has 178 valence electrons. The van der Waals surface area contributed by atoms with Crippen LogP contribution in [0.25, 0.3) is 0 Å². The predicted octanol–water partition coefficient (Wildman–Crippen LogP) is 4.81. The second kappa shape index (κ2) is 15.6. The van der Waals surface area contributed by atoms with Gasteiger partial charge in [0.05, 0.1) is 13.2 Å². The Kier molecular flexibility index (Phi) is 14.0. The van der Waals surface area contributed by atoms with Crippen molar-refractivity contribution in [3.8, 4) is 11.5 Å². The maximum absolute atomic E-state index is 6.14. The van der Waals surface area contributed by atoms with Crippen molar-refractivity contribution in [1.82, 2.24) is 15.5 Å². The first kappa shape index (κ1) is 27.8. The van der Waals surface area contributed by atoms with Crippen LogP contribution in [0.3, 0.4) is 0 Å². The molecular formula is C24H43IN4O2. The van der Waals surface area contributed by atoms with Gasteiger partial charge in [-0.25, -0.2) is 0 Å². The fourth-order valence-electron chi connectivity index (χ4n) is 3.95. The van der Waals surface area contributed by atoms with Gasteiger partial charge in [0, 0.05) is 19.6 Å². The van der Waals surface area contributed by atoms with Crippen molar-refractivity contribution in [2.24, 2.45) is 4.99 Å². The quantitative estimate of drug-likeness (QED) is 0.224. The van der Waals surface area contributed by atoms with Crippen molar-refractivity contribution < 1.29 is 9.47 Å². The summed E-state index contributed by atoms with van der Waals surface area (Å²) in [6.45, 7) is 10.7. The lowest BCUT2D eigenvalue weighted by molar-refractivity contribution is 0.200. The molecule has 1 saturated carbocycles. The highest BCUT2D eigenvalue weighted by molar-refractivity contribution is 14.0. The van der Waals surface area contributed by atoms with Crippen molar-refractivity contribution in [3.63, 3.8) is 0 Å². The number of ether oxygens (including phenoxy) is 2. The maximum atomic E-state index is 6.14. The molecule has 1 atom stereocenters. The van der Waals surface area contributed by atoms with E-state index in [1.807, 2.05) is 13.1 Å². The van der Waals surface area contributed by atoms with Crippen LogP contribution in [-0.2, 0) is 6.54 Å². The summed E-state index contributed by atoms with van der Waals surface area (Å²) < 4.78 is 11.7. The van der Waals surface area contributed by atoms with E-state index in [-0.39, 0.29) is 24.0 Å². The summed E-state index contributed by atoms with van der Waals surface area (Å²) in [5, 5.41) is 6.91. The molecule has 1 fully saturated rings. The minimum Gasteiger partial charge on any atom is -0.493 e. The molecule has 1 aromatic rings. The number of guanidine groups is 1. The van der Waals surface area contributed by atoms with Crippen LogP contribution in [-0.4, -0.2) is 56.8 Å². The molecule has 1 aliphatic carbocycles. The normalized spacial score (nSPS) is 15.5. The maximum Gasteiger partial charge on any atom is 0.191 e. The Labute approximate surface area is 206 Å². The molecule has 0 saturated heterocycles. The Morgan fingerprint density at radius 1 is 1.19 bits per heavy atom. The van der Waals surface area contributed by atoms with E-state index in [1.165, 1.54) is 19.3 Å². The fraction of sp³-hybridized carbons (Fsp3) is 0.708. The summed E-state index contributed by atoms with van der Waals surface area (Å²) in [4.78, 5) is 6.84. The van der Waals surface area contributed by atoms with Gasteiger partial charge in [0.25, 0.3) is 0 Å². The third-order valence-corrected chi connectivity index (χ3v) is 5.90. The van der Waals surface area contributed by atoms with Crippen molar-refractivity contribution in [2.45, 2.75) is 78.0 Å². The first-order valence-corrected chi connectivity index (χ1v) is 11.6. The van der Waals surface area contributed by atoms with Crippen LogP contribution < -0.4 is 20.1 Å². The van der Waals surface area contributed by atoms with E-state index < -0.39 is 0 Å². The van der Waals surface area contributed by atoms with Gasteiger partial charge in [0.1, 0.15) is 0 Å². The first-order valence-electron chi connectivity index (χ1n) is 11.6. The average Bonchev–Trinajstić information content (AvgIpc) is 3.28. The van der Waals surface area contributed by atoms with Gasteiger partial charge in [-0.3, -0.25) is 4.99 Å². The van der Waals surface area contributed by atoms with E-state index in [0.717, 1.165) is 61.9 Å². The minimum atomic E-state index is 0. The highest BCUT2D eigenvalue weighted by atomic mass is 127. The Morgan fingerprint density at radius 2 is 1.90 bits per heavy atom. The van der Waals surface area contributed by atoms with Crippen molar-refractivity contribution in [2.75, 3.05) is 33.8 Å². The summed E-state index contributed by atoms with van der Waals surface area (Å²) in [5.41, 5.74) is 1.14. The Morgan fingerprint density at radius 3 is 2.52 bits per heavy atom. The molecule has 0 aromatic heterocycles. The van der Waals surface area contributed by atoms with Gasteiger partial charge in [-0.1, -0.05) is 19.9 Å². The minimum absolute atomic E-state index is 0. The molecule has 1 aromatic carbocycles. The molecule has 0 aliphatic heterocycles. The molecule has 1 unspecified atom stereocenters. The van der Waals surface area contributed by atoms with Gasteiger partial charge in [-0.2, -0.15) is 0 Å². The van der Waals surface area contributed by atoms with Crippen LogP contribution >= 0.6 is 24.0 Å². The molecular weight excluding hydrogens is 503 g/mol. The average molecular weight is 547 g/mol. The molecule has 0 heterocycles. The lowest BCUT2D eigenvalue weighted by Gasteiger charge is -2.21. The van der Waals surface area contributed by atoms with Gasteiger partial charge < -0.3 is 25.0 Å². The number of hydrogen-bond acceptors (Lipinski definition) is 4. The number of nitrogens with one attached hydrogen (secondary N) is 2. The molecule has 0 amide bonds. The molecule has 0 bridgehead atoms. The van der Waals surface area contributed by atoms with E-state index in [4.69, 9.17) is 9.47 Å². The van der Waals surface area contributed by atoms with E-state index >= 15 is 0 Å². The van der Waals surface area contributed by atoms with Crippen molar-refractivity contribution >= 4 is 29.9 Å². The molecule has 7 heteroatoms. The van der Waals surface area contributed by atoms with E-state index in [1.54, 1.807) is 7.11 Å². The summed E-state index contributed by atoms with van der Waals surface area (Å²) >= 11 is 0. The molecule has 2 N–H and O–H groups in total. The second-order valence-electron chi connectivity index (χ2n) is 8.15. The number of rotatable bonds is 12. The number of nitrogens with zero attached hydrogens (tertiary/aromatic N) is 2. The standard InChI is InChI=1S/C24H42N4O2.HI/c1-6-28(7-2)16-10-11-19(3)27-24(25-4)26-18-20-14-15-22(23(17-20)29-5)30-21-12-8-9-13-21;/h14-15,17,19,21H,6-13,16,18H2,1-5H3,(H2,25,26,27);1H. The van der Waals surface area contributed by atoms with Crippen molar-refractivity contribution in [3.05, 3.63) is 23.8 Å². The lowest BCUT2D eigenvalue weighted by atomic mass is 10.1.